The van der Waals surface area contributed by atoms with Gasteiger partial charge in [0, 0.05) is 6.54 Å². The minimum Gasteiger partial charge on any atom is -0.493 e. The van der Waals surface area contributed by atoms with Gasteiger partial charge in [-0.05, 0) is 57.0 Å². The summed E-state index contributed by atoms with van der Waals surface area (Å²) in [6.07, 6.45) is 0.405. The third kappa shape index (κ3) is 4.68. The molecule has 188 valence electrons. The molecule has 0 radical (unpaired) electrons. The molecule has 2 heterocycles. The molecular weight excluding hydrogens is 458 g/mol. The molecular formula is C27H31N5O4. The van der Waals surface area contributed by atoms with Crippen LogP contribution < -0.4 is 20.3 Å². The maximum absolute atomic E-state index is 13.5. The quantitative estimate of drug-likeness (QED) is 0.383. The molecule has 0 bridgehead atoms. The van der Waals surface area contributed by atoms with Crippen LogP contribution >= 0.6 is 0 Å². The molecule has 9 nitrogen and oxygen atoms in total. The fourth-order valence-corrected chi connectivity index (χ4v) is 4.29. The molecule has 0 fully saturated rings. The Morgan fingerprint density at radius 3 is 2.47 bits per heavy atom. The van der Waals surface area contributed by atoms with E-state index in [4.69, 9.17) is 9.47 Å². The number of nitrogens with one attached hydrogen (secondary N) is 1. The van der Waals surface area contributed by atoms with Gasteiger partial charge in [0.25, 0.3) is 5.56 Å². The van der Waals surface area contributed by atoms with Crippen molar-refractivity contribution in [2.45, 2.75) is 46.7 Å². The standard InChI is InChI=1S/C27H31N5O4/c1-6-21(26(33)28-16-19-13-14-22(36-7-2)23(15-19)35-5)32-27(34)24-18(4)31(20-11-9-8-10-12-20)30-25(24)17(3)29-32/h8-15,21H,6-7,16H2,1-5H3,(H,28,33)/t21-/m1/s1. The number of hydrogen-bond acceptors (Lipinski definition) is 6. The van der Waals surface area contributed by atoms with E-state index in [1.165, 1.54) is 4.68 Å². The highest BCUT2D eigenvalue weighted by Gasteiger charge is 2.25. The second kappa shape index (κ2) is 10.6. The Bertz CT molecular complexity index is 1440. The highest BCUT2D eigenvalue weighted by atomic mass is 16.5. The molecule has 0 saturated heterocycles. The van der Waals surface area contributed by atoms with Crippen LogP contribution in [0.1, 0.15) is 43.3 Å². The number of aryl methyl sites for hydroxylation is 2. The molecule has 9 heteroatoms. The van der Waals surface area contributed by atoms with Crippen molar-refractivity contribution in [2.24, 2.45) is 0 Å². The van der Waals surface area contributed by atoms with Crippen molar-refractivity contribution in [3.05, 3.63) is 75.8 Å². The monoisotopic (exact) mass is 489 g/mol. The number of amides is 1. The van der Waals surface area contributed by atoms with Crippen LogP contribution in [-0.2, 0) is 11.3 Å². The molecule has 1 atom stereocenters. The number of benzene rings is 2. The Morgan fingerprint density at radius 1 is 1.06 bits per heavy atom. The van der Waals surface area contributed by atoms with E-state index in [9.17, 15) is 9.59 Å². The first kappa shape index (κ1) is 25.0. The van der Waals surface area contributed by atoms with Crippen molar-refractivity contribution in [2.75, 3.05) is 13.7 Å². The smallest absolute Gasteiger partial charge is 0.278 e. The number of para-hydroxylation sites is 1. The lowest BCUT2D eigenvalue weighted by molar-refractivity contribution is -0.125. The number of ether oxygens (including phenoxy) is 2. The molecule has 4 aromatic rings. The summed E-state index contributed by atoms with van der Waals surface area (Å²) in [5, 5.41) is 12.5. The molecule has 1 amide bonds. The minimum atomic E-state index is -0.760. The highest BCUT2D eigenvalue weighted by molar-refractivity contribution is 5.84. The predicted octanol–water partition coefficient (Wildman–Crippen LogP) is 3.87. The van der Waals surface area contributed by atoms with Gasteiger partial charge in [-0.15, -0.1) is 0 Å². The zero-order valence-electron chi connectivity index (χ0n) is 21.2. The Morgan fingerprint density at radius 2 is 1.81 bits per heavy atom. The molecule has 0 aliphatic carbocycles. The van der Waals surface area contributed by atoms with E-state index in [0.717, 1.165) is 11.3 Å². The number of carbonyl (C=O) groups excluding carboxylic acids is 1. The van der Waals surface area contributed by atoms with Crippen molar-refractivity contribution in [3.8, 4) is 17.2 Å². The van der Waals surface area contributed by atoms with Gasteiger partial charge in [-0.2, -0.15) is 10.2 Å². The van der Waals surface area contributed by atoms with E-state index < -0.39 is 6.04 Å². The SMILES string of the molecule is CCOc1ccc(CNC(=O)[C@@H](CC)n2nc(C)c3nn(-c4ccccc4)c(C)c3c2=O)cc1OC. The van der Waals surface area contributed by atoms with Gasteiger partial charge < -0.3 is 14.8 Å². The number of aromatic nitrogens is 4. The van der Waals surface area contributed by atoms with Crippen molar-refractivity contribution in [1.82, 2.24) is 24.9 Å². The summed E-state index contributed by atoms with van der Waals surface area (Å²) in [6.45, 7) is 8.23. The van der Waals surface area contributed by atoms with E-state index in [2.05, 4.69) is 15.5 Å². The third-order valence-electron chi connectivity index (χ3n) is 6.12. The van der Waals surface area contributed by atoms with Gasteiger partial charge in [0.2, 0.25) is 5.91 Å². The number of nitrogens with zero attached hydrogens (tertiary/aromatic N) is 4. The number of carbonyl (C=O) groups is 1. The van der Waals surface area contributed by atoms with Crippen LogP contribution in [0.5, 0.6) is 11.5 Å². The van der Waals surface area contributed by atoms with Crippen molar-refractivity contribution in [3.63, 3.8) is 0 Å². The average molecular weight is 490 g/mol. The summed E-state index contributed by atoms with van der Waals surface area (Å²) in [4.78, 5) is 26.7. The number of methoxy groups -OCH3 is 1. The fraction of sp³-hybridized carbons (Fsp3) is 0.333. The molecule has 0 spiro atoms. The normalized spacial score (nSPS) is 11.9. The van der Waals surface area contributed by atoms with Gasteiger partial charge in [-0.1, -0.05) is 31.2 Å². The maximum Gasteiger partial charge on any atom is 0.278 e. The zero-order valence-corrected chi connectivity index (χ0v) is 21.2. The largest absolute Gasteiger partial charge is 0.493 e. The van der Waals surface area contributed by atoms with Gasteiger partial charge in [-0.3, -0.25) is 9.59 Å². The van der Waals surface area contributed by atoms with E-state index in [-0.39, 0.29) is 18.0 Å². The molecule has 4 rings (SSSR count). The van der Waals surface area contributed by atoms with Crippen LogP contribution in [0.25, 0.3) is 16.6 Å². The predicted molar refractivity (Wildman–Crippen MR) is 138 cm³/mol. The number of hydrogen-bond donors (Lipinski definition) is 1. The molecule has 0 aliphatic rings. The van der Waals surface area contributed by atoms with Gasteiger partial charge in [-0.25, -0.2) is 9.36 Å². The second-order valence-electron chi connectivity index (χ2n) is 8.45. The van der Waals surface area contributed by atoms with Crippen LogP contribution in [0.4, 0.5) is 0 Å². The molecule has 0 unspecified atom stereocenters. The first-order chi connectivity index (χ1) is 17.4. The number of rotatable bonds is 9. The lowest BCUT2D eigenvalue weighted by Gasteiger charge is -2.18. The summed E-state index contributed by atoms with van der Waals surface area (Å²) in [7, 11) is 1.58. The Hall–Kier alpha value is -4.14. The molecule has 2 aromatic heterocycles. The van der Waals surface area contributed by atoms with Gasteiger partial charge in [0.1, 0.15) is 11.6 Å². The van der Waals surface area contributed by atoms with Gasteiger partial charge >= 0.3 is 0 Å². The van der Waals surface area contributed by atoms with Crippen molar-refractivity contribution >= 4 is 16.8 Å². The van der Waals surface area contributed by atoms with E-state index in [1.54, 1.807) is 18.7 Å². The van der Waals surface area contributed by atoms with Gasteiger partial charge in [0.15, 0.2) is 11.5 Å². The van der Waals surface area contributed by atoms with Crippen LogP contribution in [0.3, 0.4) is 0 Å². The van der Waals surface area contributed by atoms with Crippen molar-refractivity contribution < 1.29 is 14.3 Å². The Labute approximate surface area is 209 Å². The van der Waals surface area contributed by atoms with E-state index in [0.29, 0.717) is 46.8 Å². The zero-order chi connectivity index (χ0) is 25.8. The maximum atomic E-state index is 13.5. The summed E-state index contributed by atoms with van der Waals surface area (Å²) in [5.74, 6) is 0.958. The summed E-state index contributed by atoms with van der Waals surface area (Å²) in [5.41, 5.74) is 3.20. The van der Waals surface area contributed by atoms with Crippen LogP contribution in [0.2, 0.25) is 0 Å². The first-order valence-electron chi connectivity index (χ1n) is 12.0. The van der Waals surface area contributed by atoms with Crippen LogP contribution in [-0.4, -0.2) is 39.2 Å². The minimum absolute atomic E-state index is 0.277. The van der Waals surface area contributed by atoms with Crippen LogP contribution in [0.15, 0.2) is 53.3 Å². The summed E-state index contributed by atoms with van der Waals surface area (Å²) in [6, 6.07) is 14.4. The van der Waals surface area contributed by atoms with E-state index >= 15 is 0 Å². The second-order valence-corrected chi connectivity index (χ2v) is 8.45. The first-order valence-corrected chi connectivity index (χ1v) is 12.0. The molecule has 0 saturated carbocycles. The number of fused-ring (bicyclic) bond motifs is 1. The molecule has 0 aliphatic heterocycles. The fourth-order valence-electron chi connectivity index (χ4n) is 4.29. The topological polar surface area (TPSA) is 100 Å². The van der Waals surface area contributed by atoms with Crippen molar-refractivity contribution in [1.29, 1.82) is 0 Å². The Balaban J connectivity index is 1.63. The lowest BCUT2D eigenvalue weighted by Crippen LogP contribution is -2.38. The Kier molecular flexibility index (Phi) is 7.38. The summed E-state index contributed by atoms with van der Waals surface area (Å²) < 4.78 is 14.0. The highest BCUT2D eigenvalue weighted by Crippen LogP contribution is 2.28. The third-order valence-corrected chi connectivity index (χ3v) is 6.12. The summed E-state index contributed by atoms with van der Waals surface area (Å²) >= 11 is 0. The van der Waals surface area contributed by atoms with Gasteiger partial charge in [0.05, 0.1) is 36.2 Å². The van der Waals surface area contributed by atoms with E-state index in [1.807, 2.05) is 69.3 Å². The molecule has 1 N–H and O–H groups in total. The van der Waals surface area contributed by atoms with Crippen LogP contribution in [0, 0.1) is 13.8 Å². The molecule has 36 heavy (non-hydrogen) atoms. The lowest BCUT2D eigenvalue weighted by atomic mass is 10.1. The average Bonchev–Trinajstić information content (AvgIpc) is 3.25. The molecule has 2 aromatic carbocycles.